The standard InChI is InChI=1S/C24H22BrN5O3/c1-14(31)21(24(32)33)26-12-15-11-19-22(27-13-15)23(29-30(19)2)28-18-10-6-9-17(20(18)25)16-7-4-3-5-8-16/h3-14,21,31H,1-2H3,(H,28,29)(H,32,33). The quantitative estimate of drug-likeness (QED) is 0.319. The Morgan fingerprint density at radius 1 is 1.21 bits per heavy atom. The number of hydrogen-bond acceptors (Lipinski definition) is 6. The van der Waals surface area contributed by atoms with Crippen LogP contribution in [0.4, 0.5) is 11.5 Å². The summed E-state index contributed by atoms with van der Waals surface area (Å²) in [5.74, 6) is -0.597. The second-order valence-corrected chi connectivity index (χ2v) is 8.36. The number of fused-ring (bicyclic) bond motifs is 1. The summed E-state index contributed by atoms with van der Waals surface area (Å²) in [6.45, 7) is 1.39. The van der Waals surface area contributed by atoms with Crippen molar-refractivity contribution in [2.24, 2.45) is 12.0 Å². The van der Waals surface area contributed by atoms with Crippen molar-refractivity contribution in [3.8, 4) is 11.1 Å². The number of rotatable bonds is 7. The Morgan fingerprint density at radius 2 is 1.97 bits per heavy atom. The van der Waals surface area contributed by atoms with Crippen LogP contribution in [0.2, 0.25) is 0 Å². The smallest absolute Gasteiger partial charge is 0.331 e. The number of hydrogen-bond donors (Lipinski definition) is 3. The number of aliphatic imine (C=N–C) groups is 1. The van der Waals surface area contributed by atoms with Gasteiger partial charge in [-0.3, -0.25) is 9.67 Å². The third-order valence-electron chi connectivity index (χ3n) is 5.14. The van der Waals surface area contributed by atoms with E-state index in [2.05, 4.69) is 48.5 Å². The molecule has 8 nitrogen and oxygen atoms in total. The molecule has 33 heavy (non-hydrogen) atoms. The second-order valence-electron chi connectivity index (χ2n) is 7.57. The lowest BCUT2D eigenvalue weighted by Crippen LogP contribution is -2.29. The van der Waals surface area contributed by atoms with E-state index < -0.39 is 18.1 Å². The minimum Gasteiger partial charge on any atom is -0.480 e. The fourth-order valence-corrected chi connectivity index (χ4v) is 4.05. The van der Waals surface area contributed by atoms with Crippen molar-refractivity contribution in [3.05, 3.63) is 70.8 Å². The molecule has 0 aliphatic rings. The Bertz CT molecular complexity index is 1330. The molecule has 2 heterocycles. The number of halogens is 1. The van der Waals surface area contributed by atoms with Crippen LogP contribution in [0.15, 0.2) is 70.3 Å². The summed E-state index contributed by atoms with van der Waals surface area (Å²) in [7, 11) is 1.81. The van der Waals surface area contributed by atoms with Gasteiger partial charge in [0.15, 0.2) is 11.9 Å². The van der Waals surface area contributed by atoms with Gasteiger partial charge < -0.3 is 15.5 Å². The molecule has 4 aromatic rings. The SMILES string of the molecule is CC(O)C(N=Cc1cnc2c(Nc3cccc(-c4ccccc4)c3Br)nn(C)c2c1)C(=O)O. The summed E-state index contributed by atoms with van der Waals surface area (Å²) in [5, 5.41) is 26.7. The third-order valence-corrected chi connectivity index (χ3v) is 6.00. The monoisotopic (exact) mass is 507 g/mol. The van der Waals surface area contributed by atoms with Crippen LogP contribution in [0.3, 0.4) is 0 Å². The molecule has 0 saturated heterocycles. The highest BCUT2D eigenvalue weighted by atomic mass is 79.9. The number of nitrogens with zero attached hydrogens (tertiary/aromatic N) is 4. The molecule has 0 saturated carbocycles. The summed E-state index contributed by atoms with van der Waals surface area (Å²) in [5.41, 5.74) is 5.02. The Hall–Kier alpha value is -3.56. The van der Waals surface area contributed by atoms with Crippen LogP contribution in [0.25, 0.3) is 22.2 Å². The first-order chi connectivity index (χ1) is 15.8. The first kappa shape index (κ1) is 22.6. The van der Waals surface area contributed by atoms with Crippen LogP contribution in [0.1, 0.15) is 12.5 Å². The maximum absolute atomic E-state index is 11.2. The van der Waals surface area contributed by atoms with E-state index in [4.69, 9.17) is 0 Å². The summed E-state index contributed by atoms with van der Waals surface area (Å²) < 4.78 is 2.61. The number of nitrogens with one attached hydrogen (secondary N) is 1. The number of pyridine rings is 1. The number of anilines is 2. The Balaban J connectivity index is 1.65. The van der Waals surface area contributed by atoms with Gasteiger partial charge in [-0.2, -0.15) is 5.10 Å². The maximum atomic E-state index is 11.2. The summed E-state index contributed by atoms with van der Waals surface area (Å²) in [4.78, 5) is 19.7. The lowest BCUT2D eigenvalue weighted by molar-refractivity contribution is -0.140. The minimum absolute atomic E-state index is 0.592. The lowest BCUT2D eigenvalue weighted by Gasteiger charge is -2.11. The van der Waals surface area contributed by atoms with Crippen molar-refractivity contribution in [1.82, 2.24) is 14.8 Å². The number of aromatic nitrogens is 3. The van der Waals surface area contributed by atoms with E-state index in [1.165, 1.54) is 13.1 Å². The first-order valence-corrected chi connectivity index (χ1v) is 11.0. The molecule has 4 rings (SSSR count). The molecule has 0 radical (unpaired) electrons. The fourth-order valence-electron chi connectivity index (χ4n) is 3.46. The van der Waals surface area contributed by atoms with Crippen LogP contribution in [0, 0.1) is 0 Å². The van der Waals surface area contributed by atoms with Gasteiger partial charge in [0.1, 0.15) is 5.52 Å². The van der Waals surface area contributed by atoms with Crippen LogP contribution < -0.4 is 5.32 Å². The highest BCUT2D eigenvalue weighted by molar-refractivity contribution is 9.10. The van der Waals surface area contributed by atoms with Crippen molar-refractivity contribution in [1.29, 1.82) is 0 Å². The normalized spacial score (nSPS) is 13.3. The van der Waals surface area contributed by atoms with Crippen LogP contribution >= 0.6 is 15.9 Å². The predicted molar refractivity (Wildman–Crippen MR) is 132 cm³/mol. The van der Waals surface area contributed by atoms with E-state index >= 15 is 0 Å². The molecule has 0 aliphatic heterocycles. The average molecular weight is 508 g/mol. The number of carbonyl (C=O) groups is 1. The molecule has 168 valence electrons. The maximum Gasteiger partial charge on any atom is 0.331 e. The predicted octanol–water partition coefficient (Wildman–Crippen LogP) is 4.39. The van der Waals surface area contributed by atoms with E-state index in [-0.39, 0.29) is 0 Å². The average Bonchev–Trinajstić information content (AvgIpc) is 3.10. The van der Waals surface area contributed by atoms with Gasteiger partial charge in [-0.15, -0.1) is 0 Å². The topological polar surface area (TPSA) is 113 Å². The number of aryl methyl sites for hydroxylation is 1. The fraction of sp³-hybridized carbons (Fsp3) is 0.167. The van der Waals surface area contributed by atoms with Crippen molar-refractivity contribution < 1.29 is 15.0 Å². The van der Waals surface area contributed by atoms with Gasteiger partial charge in [0, 0.05) is 29.5 Å². The van der Waals surface area contributed by atoms with Gasteiger partial charge in [-0.05, 0) is 46.1 Å². The third kappa shape index (κ3) is 4.79. The molecule has 0 spiro atoms. The lowest BCUT2D eigenvalue weighted by atomic mass is 10.1. The number of benzene rings is 2. The molecule has 3 N–H and O–H groups in total. The second kappa shape index (κ2) is 9.51. The number of aliphatic carboxylic acids is 1. The van der Waals surface area contributed by atoms with Crippen molar-refractivity contribution in [3.63, 3.8) is 0 Å². The van der Waals surface area contributed by atoms with Crippen LogP contribution in [-0.4, -0.2) is 49.3 Å². The van der Waals surface area contributed by atoms with Crippen molar-refractivity contribution >= 4 is 50.7 Å². The molecule has 2 unspecified atom stereocenters. The van der Waals surface area contributed by atoms with E-state index in [1.54, 1.807) is 17.9 Å². The molecule has 2 aromatic carbocycles. The molecular formula is C24H22BrN5O3. The minimum atomic E-state index is -1.24. The van der Waals surface area contributed by atoms with Gasteiger partial charge in [0.2, 0.25) is 0 Å². The molecule has 9 heteroatoms. The van der Waals surface area contributed by atoms with Crippen LogP contribution in [0.5, 0.6) is 0 Å². The molecular weight excluding hydrogens is 486 g/mol. The van der Waals surface area contributed by atoms with Gasteiger partial charge >= 0.3 is 5.97 Å². The number of carboxylic acid groups (broad SMARTS) is 1. The zero-order chi connectivity index (χ0) is 23.5. The van der Waals surface area contributed by atoms with E-state index in [1.807, 2.05) is 42.5 Å². The van der Waals surface area contributed by atoms with Gasteiger partial charge in [0.05, 0.1) is 17.3 Å². The van der Waals surface area contributed by atoms with Gasteiger partial charge in [-0.1, -0.05) is 42.5 Å². The number of carboxylic acids is 1. The summed E-state index contributed by atoms with van der Waals surface area (Å²) in [6, 6.07) is 16.6. The largest absolute Gasteiger partial charge is 0.480 e. The van der Waals surface area contributed by atoms with E-state index in [0.29, 0.717) is 16.9 Å². The van der Waals surface area contributed by atoms with Crippen molar-refractivity contribution in [2.45, 2.75) is 19.1 Å². The van der Waals surface area contributed by atoms with Gasteiger partial charge in [0.25, 0.3) is 0 Å². The van der Waals surface area contributed by atoms with E-state index in [0.717, 1.165) is 26.8 Å². The number of aliphatic hydroxyl groups is 1. The number of aliphatic hydroxyl groups excluding tert-OH is 1. The van der Waals surface area contributed by atoms with Gasteiger partial charge in [-0.25, -0.2) is 9.78 Å². The molecule has 0 bridgehead atoms. The highest BCUT2D eigenvalue weighted by Crippen LogP contribution is 2.36. The van der Waals surface area contributed by atoms with Crippen LogP contribution in [-0.2, 0) is 11.8 Å². The molecule has 0 amide bonds. The first-order valence-electron chi connectivity index (χ1n) is 10.2. The summed E-state index contributed by atoms with van der Waals surface area (Å²) >= 11 is 3.71. The van der Waals surface area contributed by atoms with E-state index in [9.17, 15) is 15.0 Å². The molecule has 2 aromatic heterocycles. The zero-order valence-electron chi connectivity index (χ0n) is 18.0. The molecule has 0 fully saturated rings. The Labute approximate surface area is 198 Å². The molecule has 0 aliphatic carbocycles. The highest BCUT2D eigenvalue weighted by Gasteiger charge is 2.21. The van der Waals surface area contributed by atoms with Crippen molar-refractivity contribution in [2.75, 3.05) is 5.32 Å². The molecule has 2 atom stereocenters. The Kier molecular flexibility index (Phi) is 6.52. The Morgan fingerprint density at radius 3 is 2.67 bits per heavy atom. The zero-order valence-corrected chi connectivity index (χ0v) is 19.6. The summed E-state index contributed by atoms with van der Waals surface area (Å²) in [6.07, 6.45) is 1.89.